The molecule has 0 amide bonds. The molecule has 0 aliphatic heterocycles. The van der Waals surface area contributed by atoms with Crippen molar-refractivity contribution in [3.8, 4) is 0 Å². The summed E-state index contributed by atoms with van der Waals surface area (Å²) in [5, 5.41) is 8.70. The zero-order chi connectivity index (χ0) is 11.8. The van der Waals surface area contributed by atoms with Crippen LogP contribution in [0.2, 0.25) is 0 Å². The summed E-state index contributed by atoms with van der Waals surface area (Å²) in [6.07, 6.45) is 10.8. The van der Waals surface area contributed by atoms with Crippen LogP contribution in [0.3, 0.4) is 0 Å². The number of halogens is 1. The van der Waals surface area contributed by atoms with Crippen molar-refractivity contribution in [2.24, 2.45) is 5.92 Å². The van der Waals surface area contributed by atoms with Gasteiger partial charge in [-0.2, -0.15) is 0 Å². The van der Waals surface area contributed by atoms with Crippen LogP contribution in [0.25, 0.3) is 0 Å². The van der Waals surface area contributed by atoms with Crippen LogP contribution >= 0.6 is 12.4 Å². The normalized spacial score (nSPS) is 11.8. The fraction of sp³-hybridized carbons (Fsp3) is 0.667. The molecule has 0 unspecified atom stereocenters. The van der Waals surface area contributed by atoms with Gasteiger partial charge in [0.15, 0.2) is 0 Å². The van der Waals surface area contributed by atoms with Gasteiger partial charge in [-0.3, -0.25) is 4.79 Å². The fourth-order valence-corrected chi connectivity index (χ4v) is 1.64. The first-order chi connectivity index (χ1) is 7.70. The van der Waals surface area contributed by atoms with Gasteiger partial charge in [-0.25, -0.2) is 4.98 Å². The highest BCUT2D eigenvalue weighted by molar-refractivity contribution is 5.85. The van der Waals surface area contributed by atoms with Crippen LogP contribution < -0.4 is 0 Å². The molecule has 0 saturated carbocycles. The van der Waals surface area contributed by atoms with Crippen molar-refractivity contribution in [2.45, 2.75) is 45.6 Å². The Morgan fingerprint density at radius 3 is 2.65 bits per heavy atom. The number of aliphatic carboxylic acids is 1. The second-order valence-corrected chi connectivity index (χ2v) is 4.24. The van der Waals surface area contributed by atoms with Crippen LogP contribution in [0.1, 0.15) is 39.0 Å². The standard InChI is InChI=1S/C12H20N2O2.ClH/c1-11(12(15)16)6-4-2-3-5-8-14-9-7-13-10-14;/h7,9-11H,2-6,8H2,1H3,(H,15,16);1H/t11-;/m0./s1. The van der Waals surface area contributed by atoms with Crippen molar-refractivity contribution in [1.29, 1.82) is 0 Å². The first-order valence-electron chi connectivity index (χ1n) is 5.88. The smallest absolute Gasteiger partial charge is 0.306 e. The molecule has 1 aromatic rings. The molecule has 1 N–H and O–H groups in total. The molecule has 17 heavy (non-hydrogen) atoms. The first-order valence-corrected chi connectivity index (χ1v) is 5.88. The van der Waals surface area contributed by atoms with E-state index in [1.165, 1.54) is 0 Å². The van der Waals surface area contributed by atoms with E-state index in [9.17, 15) is 4.79 Å². The predicted molar refractivity (Wildman–Crippen MR) is 69.4 cm³/mol. The number of nitrogens with zero attached hydrogens (tertiary/aromatic N) is 2. The molecule has 0 spiro atoms. The lowest BCUT2D eigenvalue weighted by Gasteiger charge is -2.05. The van der Waals surface area contributed by atoms with Crippen molar-refractivity contribution in [3.63, 3.8) is 0 Å². The zero-order valence-corrected chi connectivity index (χ0v) is 11.0. The summed E-state index contributed by atoms with van der Waals surface area (Å²) in [5.74, 6) is -0.882. The molecule has 1 atom stereocenters. The molecule has 1 rings (SSSR count). The van der Waals surface area contributed by atoms with Crippen LogP contribution in [-0.4, -0.2) is 20.6 Å². The average molecular weight is 261 g/mol. The Kier molecular flexibility index (Phi) is 8.50. The predicted octanol–water partition coefficient (Wildman–Crippen LogP) is 2.98. The Labute approximate surface area is 108 Å². The lowest BCUT2D eigenvalue weighted by molar-refractivity contribution is -0.141. The monoisotopic (exact) mass is 260 g/mol. The van der Waals surface area contributed by atoms with E-state index in [0.29, 0.717) is 0 Å². The van der Waals surface area contributed by atoms with Gasteiger partial charge in [0.1, 0.15) is 0 Å². The van der Waals surface area contributed by atoms with Crippen LogP contribution in [0.5, 0.6) is 0 Å². The number of imidazole rings is 1. The average Bonchev–Trinajstić information content (AvgIpc) is 2.75. The Balaban J connectivity index is 0.00000256. The van der Waals surface area contributed by atoms with E-state index in [1.54, 1.807) is 13.1 Å². The third-order valence-electron chi connectivity index (χ3n) is 2.78. The minimum absolute atomic E-state index is 0. The molecule has 0 fully saturated rings. The maximum Gasteiger partial charge on any atom is 0.306 e. The summed E-state index contributed by atoms with van der Waals surface area (Å²) >= 11 is 0. The second kappa shape index (κ2) is 9.05. The lowest BCUT2D eigenvalue weighted by atomic mass is 10.0. The molecular formula is C12H21ClN2O2. The Hall–Kier alpha value is -1.03. The molecule has 1 aromatic heterocycles. The van der Waals surface area contributed by atoms with Crippen LogP contribution in [0.15, 0.2) is 18.7 Å². The number of carboxylic acids is 1. The molecule has 0 bridgehead atoms. The van der Waals surface area contributed by atoms with Crippen LogP contribution in [0, 0.1) is 5.92 Å². The van der Waals surface area contributed by atoms with E-state index in [2.05, 4.69) is 9.55 Å². The van der Waals surface area contributed by atoms with Gasteiger partial charge in [0.05, 0.1) is 12.2 Å². The summed E-state index contributed by atoms with van der Waals surface area (Å²) in [6.45, 7) is 2.78. The molecule has 0 aliphatic rings. The summed E-state index contributed by atoms with van der Waals surface area (Å²) in [7, 11) is 0. The highest BCUT2D eigenvalue weighted by atomic mass is 35.5. The van der Waals surface area contributed by atoms with Gasteiger partial charge < -0.3 is 9.67 Å². The third kappa shape index (κ3) is 7.00. The number of aryl methyl sites for hydroxylation is 1. The molecule has 4 nitrogen and oxygen atoms in total. The van der Waals surface area contributed by atoms with E-state index in [4.69, 9.17) is 5.11 Å². The number of hydrogen-bond donors (Lipinski definition) is 1. The highest BCUT2D eigenvalue weighted by Gasteiger charge is 2.09. The van der Waals surface area contributed by atoms with E-state index < -0.39 is 5.97 Å². The van der Waals surface area contributed by atoms with Crippen molar-refractivity contribution >= 4 is 18.4 Å². The molecular weight excluding hydrogens is 240 g/mol. The number of hydrogen-bond acceptors (Lipinski definition) is 2. The summed E-state index contributed by atoms with van der Waals surface area (Å²) < 4.78 is 2.07. The SMILES string of the molecule is C[C@@H](CCCCCCn1ccnc1)C(=O)O.Cl. The van der Waals surface area contributed by atoms with Gasteiger partial charge in [0.2, 0.25) is 0 Å². The maximum atomic E-state index is 10.6. The largest absolute Gasteiger partial charge is 0.481 e. The number of carboxylic acid groups (broad SMARTS) is 1. The van der Waals surface area contributed by atoms with E-state index >= 15 is 0 Å². The minimum Gasteiger partial charge on any atom is -0.481 e. The molecule has 1 heterocycles. The molecule has 0 saturated heterocycles. The van der Waals surface area contributed by atoms with Gasteiger partial charge in [0.25, 0.3) is 0 Å². The molecule has 5 heteroatoms. The lowest BCUT2D eigenvalue weighted by Crippen LogP contribution is -2.08. The number of carbonyl (C=O) groups is 1. The zero-order valence-electron chi connectivity index (χ0n) is 10.2. The molecule has 98 valence electrons. The fourth-order valence-electron chi connectivity index (χ4n) is 1.64. The molecule has 0 aliphatic carbocycles. The van der Waals surface area contributed by atoms with Crippen molar-refractivity contribution in [3.05, 3.63) is 18.7 Å². The van der Waals surface area contributed by atoms with Gasteiger partial charge in [0, 0.05) is 18.9 Å². The van der Waals surface area contributed by atoms with E-state index in [0.717, 1.165) is 38.6 Å². The first kappa shape index (κ1) is 16.0. The van der Waals surface area contributed by atoms with Crippen molar-refractivity contribution < 1.29 is 9.90 Å². The summed E-state index contributed by atoms with van der Waals surface area (Å²) in [6, 6.07) is 0. The number of rotatable bonds is 8. The van der Waals surface area contributed by atoms with E-state index in [-0.39, 0.29) is 18.3 Å². The summed E-state index contributed by atoms with van der Waals surface area (Å²) in [5.41, 5.74) is 0. The van der Waals surface area contributed by atoms with Crippen LogP contribution in [-0.2, 0) is 11.3 Å². The highest BCUT2D eigenvalue weighted by Crippen LogP contribution is 2.10. The topological polar surface area (TPSA) is 55.1 Å². The molecule has 0 radical (unpaired) electrons. The maximum absolute atomic E-state index is 10.6. The van der Waals surface area contributed by atoms with E-state index in [1.807, 2.05) is 12.5 Å². The van der Waals surface area contributed by atoms with Crippen molar-refractivity contribution in [2.75, 3.05) is 0 Å². The van der Waals surface area contributed by atoms with Gasteiger partial charge in [-0.15, -0.1) is 12.4 Å². The second-order valence-electron chi connectivity index (χ2n) is 4.24. The quantitative estimate of drug-likeness (QED) is 0.731. The summed E-state index contributed by atoms with van der Waals surface area (Å²) in [4.78, 5) is 14.5. The van der Waals surface area contributed by atoms with Crippen LogP contribution in [0.4, 0.5) is 0 Å². The number of aromatic nitrogens is 2. The third-order valence-corrected chi connectivity index (χ3v) is 2.78. The minimum atomic E-state index is -0.682. The van der Waals surface area contributed by atoms with Crippen molar-refractivity contribution in [1.82, 2.24) is 9.55 Å². The number of unbranched alkanes of at least 4 members (excludes halogenated alkanes) is 3. The van der Waals surface area contributed by atoms with Gasteiger partial charge in [-0.1, -0.05) is 26.2 Å². The van der Waals surface area contributed by atoms with Gasteiger partial charge >= 0.3 is 5.97 Å². The van der Waals surface area contributed by atoms with Gasteiger partial charge in [-0.05, 0) is 12.8 Å². The Bertz CT molecular complexity index is 301. The Morgan fingerprint density at radius 1 is 1.35 bits per heavy atom. The Morgan fingerprint density at radius 2 is 2.06 bits per heavy atom. The molecule has 0 aromatic carbocycles.